The zero-order valence-corrected chi connectivity index (χ0v) is 20.2. The second-order valence-corrected chi connectivity index (χ2v) is 12.6. The molecule has 4 N–H and O–H groups in total. The standard InChI is InChI=1S/C27H49NO2/c1-5-26(30)15-12-21-19(17-26)11-16-27(28)22(21)13-14-25(4)20(9-10-24(25)27)7-6-8-23(29)18(2)3/h18-24,29-30H,5-17,28H2,1-4H3/t19?,20?,21?,22?,23?,24?,25?,26-,27?/m0/s1. The van der Waals surface area contributed by atoms with E-state index in [1.165, 1.54) is 51.4 Å². The highest BCUT2D eigenvalue weighted by Crippen LogP contribution is 2.66. The smallest absolute Gasteiger partial charge is 0.0648 e. The van der Waals surface area contributed by atoms with Gasteiger partial charge in [-0.1, -0.05) is 34.1 Å². The van der Waals surface area contributed by atoms with Crippen LogP contribution in [0.1, 0.15) is 111 Å². The molecule has 174 valence electrons. The monoisotopic (exact) mass is 419 g/mol. The van der Waals surface area contributed by atoms with Crippen LogP contribution < -0.4 is 5.73 Å². The molecule has 8 unspecified atom stereocenters. The Labute approximate surface area is 185 Å². The van der Waals surface area contributed by atoms with Crippen LogP contribution in [0.15, 0.2) is 0 Å². The van der Waals surface area contributed by atoms with Crippen LogP contribution in [0.2, 0.25) is 0 Å². The number of aliphatic hydroxyl groups is 2. The summed E-state index contributed by atoms with van der Waals surface area (Å²) in [5, 5.41) is 21.1. The maximum atomic E-state index is 10.9. The average molecular weight is 420 g/mol. The summed E-state index contributed by atoms with van der Waals surface area (Å²) in [6.07, 6.45) is 15.1. The average Bonchev–Trinajstić information content (AvgIpc) is 3.05. The van der Waals surface area contributed by atoms with Crippen molar-refractivity contribution in [1.82, 2.24) is 0 Å². The summed E-state index contributed by atoms with van der Waals surface area (Å²) in [4.78, 5) is 0. The summed E-state index contributed by atoms with van der Waals surface area (Å²) in [6.45, 7) is 8.98. The summed E-state index contributed by atoms with van der Waals surface area (Å²) in [5.41, 5.74) is 7.45. The molecule has 0 aromatic rings. The Balaban J connectivity index is 1.43. The van der Waals surface area contributed by atoms with Crippen molar-refractivity contribution in [1.29, 1.82) is 0 Å². The number of hydrogen-bond acceptors (Lipinski definition) is 3. The normalized spacial score (nSPS) is 49.4. The van der Waals surface area contributed by atoms with Crippen LogP contribution in [0, 0.1) is 40.9 Å². The van der Waals surface area contributed by atoms with Crippen LogP contribution >= 0.6 is 0 Å². The number of nitrogens with two attached hydrogens (primary N) is 1. The zero-order chi connectivity index (χ0) is 21.7. The first-order valence-corrected chi connectivity index (χ1v) is 13.3. The van der Waals surface area contributed by atoms with Crippen molar-refractivity contribution in [2.75, 3.05) is 0 Å². The Hall–Kier alpha value is -0.120. The fourth-order valence-electron chi connectivity index (χ4n) is 8.93. The number of aliphatic hydroxyl groups excluding tert-OH is 1. The molecular weight excluding hydrogens is 370 g/mol. The number of hydrogen-bond donors (Lipinski definition) is 3. The molecule has 4 rings (SSSR count). The van der Waals surface area contributed by atoms with Crippen LogP contribution in [-0.4, -0.2) is 27.5 Å². The van der Waals surface area contributed by atoms with Gasteiger partial charge in [-0.3, -0.25) is 0 Å². The Bertz CT molecular complexity index is 608. The van der Waals surface area contributed by atoms with E-state index in [-0.39, 0.29) is 11.6 Å². The van der Waals surface area contributed by atoms with E-state index in [1.807, 2.05) is 0 Å². The third-order valence-electron chi connectivity index (χ3n) is 11.0. The lowest BCUT2D eigenvalue weighted by molar-refractivity contribution is -0.117. The van der Waals surface area contributed by atoms with E-state index in [9.17, 15) is 10.2 Å². The minimum Gasteiger partial charge on any atom is -0.393 e. The van der Waals surface area contributed by atoms with Gasteiger partial charge >= 0.3 is 0 Å². The fraction of sp³-hybridized carbons (Fsp3) is 1.00. The highest BCUT2D eigenvalue weighted by Gasteiger charge is 2.62. The zero-order valence-electron chi connectivity index (χ0n) is 20.2. The molecule has 4 fully saturated rings. The van der Waals surface area contributed by atoms with Gasteiger partial charge in [-0.2, -0.15) is 0 Å². The first kappa shape index (κ1) is 23.1. The van der Waals surface area contributed by atoms with Gasteiger partial charge < -0.3 is 15.9 Å². The molecule has 0 spiro atoms. The van der Waals surface area contributed by atoms with E-state index in [4.69, 9.17) is 5.73 Å². The van der Waals surface area contributed by atoms with Crippen molar-refractivity contribution in [3.63, 3.8) is 0 Å². The molecule has 0 amide bonds. The lowest BCUT2D eigenvalue weighted by Crippen LogP contribution is -2.65. The molecule has 3 nitrogen and oxygen atoms in total. The lowest BCUT2D eigenvalue weighted by Gasteiger charge is -2.62. The van der Waals surface area contributed by atoms with Gasteiger partial charge in [0.25, 0.3) is 0 Å². The van der Waals surface area contributed by atoms with Gasteiger partial charge in [-0.05, 0) is 118 Å². The van der Waals surface area contributed by atoms with E-state index in [2.05, 4.69) is 27.7 Å². The summed E-state index contributed by atoms with van der Waals surface area (Å²) in [7, 11) is 0. The van der Waals surface area contributed by atoms with E-state index in [1.54, 1.807) is 0 Å². The van der Waals surface area contributed by atoms with E-state index >= 15 is 0 Å². The first-order valence-electron chi connectivity index (χ1n) is 13.3. The highest BCUT2D eigenvalue weighted by molar-refractivity contribution is 5.16. The van der Waals surface area contributed by atoms with Gasteiger partial charge in [-0.25, -0.2) is 0 Å². The lowest BCUT2D eigenvalue weighted by atomic mass is 9.45. The van der Waals surface area contributed by atoms with Crippen LogP contribution in [0.3, 0.4) is 0 Å². The fourth-order valence-corrected chi connectivity index (χ4v) is 8.93. The van der Waals surface area contributed by atoms with E-state index in [0.29, 0.717) is 29.1 Å². The van der Waals surface area contributed by atoms with Gasteiger partial charge in [0.2, 0.25) is 0 Å². The molecular formula is C27H49NO2. The Morgan fingerprint density at radius 2 is 1.80 bits per heavy atom. The van der Waals surface area contributed by atoms with E-state index < -0.39 is 5.60 Å². The van der Waals surface area contributed by atoms with Crippen molar-refractivity contribution in [2.45, 2.75) is 128 Å². The SMILES string of the molecule is CC[C@]1(O)CCC2C(CCC3(N)C2CCC2(C)C(CCCC(O)C(C)C)CCC23)C1. The van der Waals surface area contributed by atoms with Crippen molar-refractivity contribution >= 4 is 0 Å². The second-order valence-electron chi connectivity index (χ2n) is 12.6. The maximum Gasteiger partial charge on any atom is 0.0648 e. The summed E-state index contributed by atoms with van der Waals surface area (Å²) in [5.74, 6) is 3.96. The molecule has 0 saturated heterocycles. The van der Waals surface area contributed by atoms with Gasteiger partial charge in [-0.15, -0.1) is 0 Å². The second kappa shape index (κ2) is 8.34. The topological polar surface area (TPSA) is 66.5 Å². The summed E-state index contributed by atoms with van der Waals surface area (Å²) in [6, 6.07) is 0. The van der Waals surface area contributed by atoms with Crippen LogP contribution in [0.25, 0.3) is 0 Å². The third-order valence-corrected chi connectivity index (χ3v) is 11.0. The maximum absolute atomic E-state index is 10.9. The van der Waals surface area contributed by atoms with Crippen molar-refractivity contribution in [3.05, 3.63) is 0 Å². The van der Waals surface area contributed by atoms with Crippen molar-refractivity contribution in [3.8, 4) is 0 Å². The quantitative estimate of drug-likeness (QED) is 0.520. The van der Waals surface area contributed by atoms with Crippen LogP contribution in [-0.2, 0) is 0 Å². The molecule has 0 bridgehead atoms. The first-order chi connectivity index (χ1) is 14.1. The molecule has 4 saturated carbocycles. The summed E-state index contributed by atoms with van der Waals surface area (Å²) >= 11 is 0. The molecule has 0 aromatic heterocycles. The highest BCUT2D eigenvalue weighted by atomic mass is 16.3. The van der Waals surface area contributed by atoms with Crippen molar-refractivity contribution in [2.24, 2.45) is 46.7 Å². The third kappa shape index (κ3) is 3.79. The van der Waals surface area contributed by atoms with Crippen LogP contribution in [0.5, 0.6) is 0 Å². The van der Waals surface area contributed by atoms with Gasteiger partial charge in [0.05, 0.1) is 11.7 Å². The largest absolute Gasteiger partial charge is 0.393 e. The number of rotatable bonds is 6. The molecule has 0 heterocycles. The predicted octanol–water partition coefficient (Wildman–Crippen LogP) is 5.66. The van der Waals surface area contributed by atoms with E-state index in [0.717, 1.165) is 43.9 Å². The minimum absolute atomic E-state index is 0.0298. The minimum atomic E-state index is -0.405. The molecule has 30 heavy (non-hydrogen) atoms. The molecule has 3 heteroatoms. The Morgan fingerprint density at radius 1 is 1.03 bits per heavy atom. The predicted molar refractivity (Wildman–Crippen MR) is 124 cm³/mol. The Kier molecular flexibility index (Phi) is 6.41. The van der Waals surface area contributed by atoms with Gasteiger partial charge in [0.15, 0.2) is 0 Å². The Morgan fingerprint density at radius 3 is 2.50 bits per heavy atom. The molecule has 0 radical (unpaired) electrons. The molecule has 4 aliphatic carbocycles. The van der Waals surface area contributed by atoms with Crippen LogP contribution in [0.4, 0.5) is 0 Å². The van der Waals surface area contributed by atoms with Gasteiger partial charge in [0, 0.05) is 5.54 Å². The van der Waals surface area contributed by atoms with Crippen molar-refractivity contribution < 1.29 is 10.2 Å². The molecule has 0 aromatic carbocycles. The molecule has 4 aliphatic rings. The number of fused-ring (bicyclic) bond motifs is 5. The summed E-state index contributed by atoms with van der Waals surface area (Å²) < 4.78 is 0. The van der Waals surface area contributed by atoms with Gasteiger partial charge in [0.1, 0.15) is 0 Å². The molecule has 0 aliphatic heterocycles. The molecule has 9 atom stereocenters.